The number of fused-ring (bicyclic) bond motifs is 1. The van der Waals surface area contributed by atoms with Crippen molar-refractivity contribution >= 4 is 34.2 Å². The number of hydrogen-bond donors (Lipinski definition) is 1. The lowest BCUT2D eigenvalue weighted by atomic mass is 10.0. The number of benzene rings is 2. The normalized spacial score (nSPS) is 14.2. The molecule has 0 fully saturated rings. The van der Waals surface area contributed by atoms with E-state index in [0.29, 0.717) is 22.0 Å². The van der Waals surface area contributed by atoms with E-state index in [9.17, 15) is 18.8 Å². The number of hydrogen-bond acceptors (Lipinski definition) is 5. The summed E-state index contributed by atoms with van der Waals surface area (Å²) in [6.07, 6.45) is 0. The molecule has 0 aliphatic carbocycles. The first-order valence-electron chi connectivity index (χ1n) is 9.79. The van der Waals surface area contributed by atoms with Crippen molar-refractivity contribution in [1.82, 2.24) is 9.88 Å². The summed E-state index contributed by atoms with van der Waals surface area (Å²) in [7, 11) is 0. The van der Waals surface area contributed by atoms with Gasteiger partial charge >= 0.3 is 0 Å². The molecule has 3 aromatic rings. The number of thiazole rings is 1. The first-order chi connectivity index (χ1) is 14.8. The number of aromatic nitrogens is 1. The maximum atomic E-state index is 13.2. The first kappa shape index (κ1) is 20.9. The first-order valence-corrected chi connectivity index (χ1v) is 10.6. The average Bonchev–Trinajstić information content (AvgIpc) is 3.21. The number of aryl methyl sites for hydroxylation is 1. The van der Waals surface area contributed by atoms with Crippen LogP contribution in [0.15, 0.2) is 48.5 Å². The van der Waals surface area contributed by atoms with Gasteiger partial charge in [0.15, 0.2) is 5.13 Å². The van der Waals surface area contributed by atoms with Gasteiger partial charge in [-0.25, -0.2) is 9.37 Å². The maximum Gasteiger partial charge on any atom is 0.262 e. The lowest BCUT2D eigenvalue weighted by Gasteiger charge is -2.27. The van der Waals surface area contributed by atoms with Crippen LogP contribution in [-0.2, 0) is 4.79 Å². The minimum Gasteiger partial charge on any atom is -0.300 e. The number of carbonyl (C=O) groups is 3. The standard InChI is InChI=1S/C23H20FN3O3S/c1-12(2)19(27-21(29)16-6-4-5-7-17(16)22(27)30)20(28)26-23-25-18(13(3)31-23)14-8-10-15(24)11-9-14/h4-12,19H,1-3H3,(H,25,26,28). The van der Waals surface area contributed by atoms with Gasteiger partial charge in [-0.2, -0.15) is 0 Å². The Hall–Kier alpha value is -3.39. The van der Waals surface area contributed by atoms with E-state index in [4.69, 9.17) is 0 Å². The van der Waals surface area contributed by atoms with Gasteiger partial charge in [0.2, 0.25) is 5.91 Å². The van der Waals surface area contributed by atoms with Crippen LogP contribution >= 0.6 is 11.3 Å². The summed E-state index contributed by atoms with van der Waals surface area (Å²) in [4.78, 5) is 45.2. The fraction of sp³-hybridized carbons (Fsp3) is 0.217. The minimum atomic E-state index is -0.981. The van der Waals surface area contributed by atoms with E-state index in [1.54, 1.807) is 50.2 Å². The maximum absolute atomic E-state index is 13.2. The van der Waals surface area contributed by atoms with Crippen LogP contribution in [0.1, 0.15) is 39.4 Å². The van der Waals surface area contributed by atoms with Gasteiger partial charge in [0.25, 0.3) is 11.8 Å². The number of nitrogens with one attached hydrogen (secondary N) is 1. The molecule has 8 heteroatoms. The minimum absolute atomic E-state index is 0.301. The van der Waals surface area contributed by atoms with E-state index in [-0.39, 0.29) is 11.7 Å². The van der Waals surface area contributed by atoms with Gasteiger partial charge in [0.05, 0.1) is 16.8 Å². The molecule has 2 heterocycles. The van der Waals surface area contributed by atoms with Crippen molar-refractivity contribution in [3.05, 3.63) is 70.4 Å². The Morgan fingerprint density at radius 3 is 2.16 bits per heavy atom. The second-order valence-corrected chi connectivity index (χ2v) is 8.84. The molecular formula is C23H20FN3O3S. The van der Waals surface area contributed by atoms with E-state index < -0.39 is 23.8 Å². The molecule has 0 radical (unpaired) electrons. The molecule has 1 aliphatic rings. The molecule has 1 unspecified atom stereocenters. The second-order valence-electron chi connectivity index (χ2n) is 7.63. The third-order valence-electron chi connectivity index (χ3n) is 5.15. The van der Waals surface area contributed by atoms with E-state index in [2.05, 4.69) is 10.3 Å². The molecule has 0 saturated heterocycles. The molecule has 1 N–H and O–H groups in total. The Bertz CT molecular complexity index is 1150. The van der Waals surface area contributed by atoms with Gasteiger partial charge in [0.1, 0.15) is 11.9 Å². The molecule has 1 aromatic heterocycles. The van der Waals surface area contributed by atoms with Gasteiger partial charge in [0, 0.05) is 10.4 Å². The van der Waals surface area contributed by atoms with Crippen molar-refractivity contribution in [2.75, 3.05) is 5.32 Å². The summed E-state index contributed by atoms with van der Waals surface area (Å²) < 4.78 is 13.2. The predicted octanol–water partition coefficient (Wildman–Crippen LogP) is 4.52. The zero-order valence-electron chi connectivity index (χ0n) is 17.2. The van der Waals surface area contributed by atoms with Crippen LogP contribution in [0.2, 0.25) is 0 Å². The molecule has 0 spiro atoms. The van der Waals surface area contributed by atoms with E-state index in [1.807, 2.05) is 6.92 Å². The number of halogens is 1. The van der Waals surface area contributed by atoms with Crippen molar-refractivity contribution in [3.63, 3.8) is 0 Å². The fourth-order valence-electron chi connectivity index (χ4n) is 3.68. The second kappa shape index (κ2) is 8.03. The highest BCUT2D eigenvalue weighted by Crippen LogP contribution is 2.32. The molecule has 0 bridgehead atoms. The van der Waals surface area contributed by atoms with Gasteiger partial charge in [-0.1, -0.05) is 26.0 Å². The van der Waals surface area contributed by atoms with Gasteiger partial charge in [-0.15, -0.1) is 11.3 Å². The third-order valence-corrected chi connectivity index (χ3v) is 6.03. The van der Waals surface area contributed by atoms with Crippen LogP contribution in [0.4, 0.5) is 9.52 Å². The number of nitrogens with zero attached hydrogens (tertiary/aromatic N) is 2. The monoisotopic (exact) mass is 437 g/mol. The van der Waals surface area contributed by atoms with Crippen molar-refractivity contribution in [3.8, 4) is 11.3 Å². The SMILES string of the molecule is Cc1sc(NC(=O)C(C(C)C)N2C(=O)c3ccccc3C2=O)nc1-c1ccc(F)cc1. The number of rotatable bonds is 5. The highest BCUT2D eigenvalue weighted by atomic mass is 32.1. The van der Waals surface area contributed by atoms with E-state index in [1.165, 1.54) is 23.5 Å². The summed E-state index contributed by atoms with van der Waals surface area (Å²) in [5, 5.41) is 3.11. The number of amides is 3. The molecule has 3 amide bonds. The molecule has 6 nitrogen and oxygen atoms in total. The van der Waals surface area contributed by atoms with Crippen LogP contribution in [0.3, 0.4) is 0 Å². The Kier molecular flexibility index (Phi) is 5.41. The molecular weight excluding hydrogens is 417 g/mol. The molecule has 1 atom stereocenters. The van der Waals surface area contributed by atoms with Crippen LogP contribution in [0.5, 0.6) is 0 Å². The van der Waals surface area contributed by atoms with Gasteiger partial charge < -0.3 is 5.32 Å². The Labute approximate surface area is 182 Å². The summed E-state index contributed by atoms with van der Waals surface area (Å²) >= 11 is 1.28. The van der Waals surface area contributed by atoms with Crippen molar-refractivity contribution in [2.24, 2.45) is 5.92 Å². The summed E-state index contributed by atoms with van der Waals surface area (Å²) in [6, 6.07) is 11.5. The van der Waals surface area contributed by atoms with Gasteiger partial charge in [-0.05, 0) is 49.2 Å². The van der Waals surface area contributed by atoms with Crippen LogP contribution < -0.4 is 5.32 Å². The Morgan fingerprint density at radius 2 is 1.61 bits per heavy atom. The van der Waals surface area contributed by atoms with Gasteiger partial charge in [-0.3, -0.25) is 19.3 Å². The van der Waals surface area contributed by atoms with E-state index >= 15 is 0 Å². The highest BCUT2D eigenvalue weighted by Gasteiger charge is 2.44. The smallest absolute Gasteiger partial charge is 0.262 e. The number of anilines is 1. The summed E-state index contributed by atoms with van der Waals surface area (Å²) in [5.74, 6) is -2.08. The number of carbonyl (C=O) groups excluding carboxylic acids is 3. The molecule has 4 rings (SSSR count). The topological polar surface area (TPSA) is 79.4 Å². The van der Waals surface area contributed by atoms with E-state index in [0.717, 1.165) is 15.3 Å². The molecule has 158 valence electrons. The highest BCUT2D eigenvalue weighted by molar-refractivity contribution is 7.16. The zero-order valence-corrected chi connectivity index (χ0v) is 18.0. The van der Waals surface area contributed by atoms with Crippen molar-refractivity contribution < 1.29 is 18.8 Å². The van der Waals surface area contributed by atoms with Crippen molar-refractivity contribution in [1.29, 1.82) is 0 Å². The summed E-state index contributed by atoms with van der Waals surface area (Å²) in [6.45, 7) is 5.42. The third kappa shape index (κ3) is 3.74. The van der Waals surface area contributed by atoms with Crippen LogP contribution in [0, 0.1) is 18.7 Å². The lowest BCUT2D eigenvalue weighted by molar-refractivity contribution is -0.121. The largest absolute Gasteiger partial charge is 0.300 e. The Balaban J connectivity index is 1.60. The van der Waals surface area contributed by atoms with Crippen LogP contribution in [-0.4, -0.2) is 33.6 Å². The molecule has 31 heavy (non-hydrogen) atoms. The lowest BCUT2D eigenvalue weighted by Crippen LogP contribution is -2.50. The Morgan fingerprint density at radius 1 is 1.03 bits per heavy atom. The van der Waals surface area contributed by atoms with Crippen molar-refractivity contribution in [2.45, 2.75) is 26.8 Å². The summed E-state index contributed by atoms with van der Waals surface area (Å²) in [5.41, 5.74) is 1.97. The molecule has 0 saturated carbocycles. The quantitative estimate of drug-likeness (QED) is 0.596. The molecule has 2 aromatic carbocycles. The fourth-order valence-corrected chi connectivity index (χ4v) is 4.52. The molecule has 1 aliphatic heterocycles. The average molecular weight is 437 g/mol. The zero-order chi connectivity index (χ0) is 22.3. The van der Waals surface area contributed by atoms with Crippen LogP contribution in [0.25, 0.3) is 11.3 Å². The predicted molar refractivity (Wildman–Crippen MR) is 116 cm³/mol. The number of imide groups is 1.